The van der Waals surface area contributed by atoms with Crippen molar-refractivity contribution in [2.45, 2.75) is 433 Å². The van der Waals surface area contributed by atoms with Gasteiger partial charge in [0.15, 0.2) is 12.2 Å². The summed E-state index contributed by atoms with van der Waals surface area (Å²) in [6, 6.07) is 0. The molecule has 0 aliphatic heterocycles. The molecule has 0 saturated carbocycles. The molecule has 5 atom stereocenters. The minimum Gasteiger partial charge on any atom is -0.462 e. The summed E-state index contributed by atoms with van der Waals surface area (Å²) in [7, 11) is -9.92. The second-order valence-corrected chi connectivity index (χ2v) is 34.0. The summed E-state index contributed by atoms with van der Waals surface area (Å²) in [6.07, 6.45) is 57.1. The third-order valence-corrected chi connectivity index (χ3v) is 20.7. The second-order valence-electron chi connectivity index (χ2n) is 31.1. The molecule has 0 fully saturated rings. The van der Waals surface area contributed by atoms with E-state index in [-0.39, 0.29) is 25.7 Å². The van der Waals surface area contributed by atoms with Gasteiger partial charge in [-0.1, -0.05) is 364 Å². The van der Waals surface area contributed by atoms with Crippen LogP contribution in [-0.4, -0.2) is 96.7 Å². The first-order chi connectivity index (χ1) is 48.1. The maximum Gasteiger partial charge on any atom is 0.472 e. The highest BCUT2D eigenvalue weighted by Gasteiger charge is 2.30. The van der Waals surface area contributed by atoms with E-state index in [9.17, 15) is 43.2 Å². The number of esters is 4. The topological polar surface area (TPSA) is 237 Å². The van der Waals surface area contributed by atoms with Crippen LogP contribution >= 0.6 is 15.6 Å². The standard InChI is InChI=1S/C81H158O17P2/c1-71(2)57-49-41-33-27-21-16-12-9-10-14-19-25-31-37-47-55-63-80(85)97-76(67-91-78(83)61-53-45-36-30-24-18-15-11-13-17-22-28-34-42-50-58-72(3)4)69-95-99(87,88)93-65-75(82)66-94-100(89,90)96-70-77(68-92-79(84)62-54-46-40-39-44-52-60-74(7)8)98-81(86)64-56-48-38-32-26-20-23-29-35-43-51-59-73(5)6/h71-77,82H,9-70H2,1-8H3,(H,87,88)(H,89,90)/t75-,76-,77-/m1/s1. The Labute approximate surface area is 613 Å². The van der Waals surface area contributed by atoms with Crippen molar-refractivity contribution in [2.75, 3.05) is 39.6 Å². The lowest BCUT2D eigenvalue weighted by atomic mass is 10.0. The molecule has 0 aromatic carbocycles. The maximum atomic E-state index is 13.1. The number of unbranched alkanes of at least 4 members (excludes halogenated alkanes) is 44. The fourth-order valence-electron chi connectivity index (χ4n) is 12.4. The van der Waals surface area contributed by atoms with Gasteiger partial charge in [-0.2, -0.15) is 0 Å². The second kappa shape index (κ2) is 70.1. The quantitative estimate of drug-likeness (QED) is 0.0222. The predicted molar refractivity (Wildman–Crippen MR) is 409 cm³/mol. The Kier molecular flexibility index (Phi) is 68.7. The molecule has 0 aromatic rings. The van der Waals surface area contributed by atoms with Crippen LogP contribution in [0.15, 0.2) is 0 Å². The van der Waals surface area contributed by atoms with Crippen molar-refractivity contribution in [1.29, 1.82) is 0 Å². The van der Waals surface area contributed by atoms with Gasteiger partial charge in [-0.3, -0.25) is 37.3 Å². The molecule has 0 rings (SSSR count). The predicted octanol–water partition coefficient (Wildman–Crippen LogP) is 24.0. The van der Waals surface area contributed by atoms with Crippen molar-refractivity contribution in [3.05, 3.63) is 0 Å². The normalized spacial score (nSPS) is 14.0. The van der Waals surface area contributed by atoms with Gasteiger partial charge in [0.05, 0.1) is 26.4 Å². The van der Waals surface area contributed by atoms with Gasteiger partial charge in [0, 0.05) is 25.7 Å². The third kappa shape index (κ3) is 74.3. The van der Waals surface area contributed by atoms with Gasteiger partial charge in [-0.05, 0) is 49.4 Å². The minimum absolute atomic E-state index is 0.105. The third-order valence-electron chi connectivity index (χ3n) is 18.8. The summed E-state index contributed by atoms with van der Waals surface area (Å²) in [5.74, 6) is 0.944. The molecular weight excluding hydrogens is 1310 g/mol. The SMILES string of the molecule is CC(C)CCCCCCCCCCCCCCCCCCC(=O)O[C@H](COC(=O)CCCCCCCCCCCCCCCCCC(C)C)COP(=O)(O)OC[C@@H](O)COP(=O)(O)OC[C@@H](COC(=O)CCCCCCCCC(C)C)OC(=O)CCCCCCCCCCCCCC(C)C. The first kappa shape index (κ1) is 98.1. The summed E-state index contributed by atoms with van der Waals surface area (Å²) in [4.78, 5) is 73.0. The summed E-state index contributed by atoms with van der Waals surface area (Å²) in [5.41, 5.74) is 0. The van der Waals surface area contributed by atoms with Crippen molar-refractivity contribution < 1.29 is 80.2 Å². The van der Waals surface area contributed by atoms with E-state index in [1.807, 2.05) is 0 Å². The zero-order chi connectivity index (χ0) is 73.8. The number of ether oxygens (including phenoxy) is 4. The number of aliphatic hydroxyl groups is 1. The van der Waals surface area contributed by atoms with Gasteiger partial charge < -0.3 is 33.8 Å². The molecule has 0 radical (unpaired) electrons. The number of carbonyl (C=O) groups excluding carboxylic acids is 4. The molecule has 0 heterocycles. The van der Waals surface area contributed by atoms with Crippen LogP contribution in [0.5, 0.6) is 0 Å². The molecule has 17 nitrogen and oxygen atoms in total. The molecule has 594 valence electrons. The van der Waals surface area contributed by atoms with Gasteiger partial charge >= 0.3 is 39.5 Å². The fourth-order valence-corrected chi connectivity index (χ4v) is 14.0. The summed E-state index contributed by atoms with van der Waals surface area (Å²) in [5, 5.41) is 10.6. The lowest BCUT2D eigenvalue weighted by Gasteiger charge is -2.21. The monoisotopic (exact) mass is 1470 g/mol. The molecule has 0 bridgehead atoms. The van der Waals surface area contributed by atoms with Crippen LogP contribution < -0.4 is 0 Å². The van der Waals surface area contributed by atoms with E-state index in [0.29, 0.717) is 31.6 Å². The van der Waals surface area contributed by atoms with Crippen LogP contribution in [0.3, 0.4) is 0 Å². The highest BCUT2D eigenvalue weighted by molar-refractivity contribution is 7.47. The minimum atomic E-state index is -4.96. The summed E-state index contributed by atoms with van der Waals surface area (Å²) < 4.78 is 68.7. The smallest absolute Gasteiger partial charge is 0.462 e. The molecule has 0 saturated heterocycles. The Morgan fingerprint density at radius 2 is 0.420 bits per heavy atom. The van der Waals surface area contributed by atoms with Crippen LogP contribution in [0, 0.1) is 23.7 Å². The summed E-state index contributed by atoms with van der Waals surface area (Å²) >= 11 is 0. The van der Waals surface area contributed by atoms with E-state index < -0.39 is 97.5 Å². The number of phosphoric ester groups is 2. The van der Waals surface area contributed by atoms with Crippen molar-refractivity contribution in [1.82, 2.24) is 0 Å². The zero-order valence-corrected chi connectivity index (χ0v) is 67.6. The van der Waals surface area contributed by atoms with Gasteiger partial charge in [0.1, 0.15) is 19.3 Å². The number of carbonyl (C=O) groups is 4. The lowest BCUT2D eigenvalue weighted by molar-refractivity contribution is -0.161. The molecule has 0 aliphatic carbocycles. The van der Waals surface area contributed by atoms with E-state index >= 15 is 0 Å². The van der Waals surface area contributed by atoms with Crippen LogP contribution in [0.1, 0.15) is 415 Å². The Bertz CT molecular complexity index is 1950. The largest absolute Gasteiger partial charge is 0.472 e. The highest BCUT2D eigenvalue weighted by Crippen LogP contribution is 2.45. The zero-order valence-electron chi connectivity index (χ0n) is 65.8. The van der Waals surface area contributed by atoms with Crippen LogP contribution in [0.4, 0.5) is 0 Å². The maximum absolute atomic E-state index is 13.1. The van der Waals surface area contributed by atoms with E-state index in [0.717, 1.165) is 114 Å². The molecule has 3 N–H and O–H groups in total. The van der Waals surface area contributed by atoms with Crippen molar-refractivity contribution in [3.8, 4) is 0 Å². The first-order valence-electron chi connectivity index (χ1n) is 41.7. The highest BCUT2D eigenvalue weighted by atomic mass is 31.2. The molecule has 100 heavy (non-hydrogen) atoms. The van der Waals surface area contributed by atoms with Gasteiger partial charge in [-0.15, -0.1) is 0 Å². The van der Waals surface area contributed by atoms with E-state index in [1.54, 1.807) is 0 Å². The Hall–Kier alpha value is -1.94. The molecule has 0 aliphatic rings. The van der Waals surface area contributed by atoms with Gasteiger partial charge in [0.25, 0.3) is 0 Å². The molecule has 19 heteroatoms. The van der Waals surface area contributed by atoms with Crippen molar-refractivity contribution in [3.63, 3.8) is 0 Å². The average molecular weight is 1470 g/mol. The molecule has 0 amide bonds. The number of aliphatic hydroxyl groups excluding tert-OH is 1. The molecule has 0 spiro atoms. The van der Waals surface area contributed by atoms with Crippen molar-refractivity contribution >= 4 is 39.5 Å². The van der Waals surface area contributed by atoms with E-state index in [2.05, 4.69) is 55.4 Å². The number of hydrogen-bond acceptors (Lipinski definition) is 15. The van der Waals surface area contributed by atoms with Crippen LogP contribution in [0.25, 0.3) is 0 Å². The van der Waals surface area contributed by atoms with Gasteiger partial charge in [-0.25, -0.2) is 9.13 Å². The lowest BCUT2D eigenvalue weighted by Crippen LogP contribution is -2.30. The van der Waals surface area contributed by atoms with Crippen LogP contribution in [-0.2, 0) is 65.4 Å². The molecular formula is C81H158O17P2. The Morgan fingerprint density at radius 1 is 0.250 bits per heavy atom. The van der Waals surface area contributed by atoms with E-state index in [4.69, 9.17) is 37.0 Å². The molecule has 0 aromatic heterocycles. The Balaban J connectivity index is 5.23. The fraction of sp³-hybridized carbons (Fsp3) is 0.951. The van der Waals surface area contributed by atoms with E-state index in [1.165, 1.54) is 212 Å². The average Bonchev–Trinajstić information content (AvgIpc) is 0.927. The number of rotatable bonds is 78. The first-order valence-corrected chi connectivity index (χ1v) is 44.7. The van der Waals surface area contributed by atoms with Crippen LogP contribution in [0.2, 0.25) is 0 Å². The Morgan fingerprint density at radius 3 is 0.620 bits per heavy atom. The van der Waals surface area contributed by atoms with Crippen molar-refractivity contribution in [2.24, 2.45) is 23.7 Å². The number of hydrogen-bond donors (Lipinski definition) is 3. The number of phosphoric acid groups is 2. The molecule has 2 unspecified atom stereocenters. The van der Waals surface area contributed by atoms with Gasteiger partial charge in [0.2, 0.25) is 0 Å². The summed E-state index contributed by atoms with van der Waals surface area (Å²) in [6.45, 7) is 14.2.